The van der Waals surface area contributed by atoms with Gasteiger partial charge in [-0.15, -0.1) is 22.7 Å². The van der Waals surface area contributed by atoms with Crippen LogP contribution in [-0.4, -0.2) is 40.1 Å². The number of aliphatic hydroxyl groups excluding tert-OH is 1. The van der Waals surface area contributed by atoms with Gasteiger partial charge in [0.25, 0.3) is 5.91 Å². The molecular weight excluding hydrogens is 328 g/mol. The van der Waals surface area contributed by atoms with Crippen molar-refractivity contribution < 1.29 is 9.90 Å². The van der Waals surface area contributed by atoms with Crippen LogP contribution in [0.15, 0.2) is 17.5 Å². The maximum Gasteiger partial charge on any atom is 0.273 e. The van der Waals surface area contributed by atoms with Crippen LogP contribution in [0.25, 0.3) is 9.88 Å². The zero-order chi connectivity index (χ0) is 15.0. The number of nitrogens with zero attached hydrogens (tertiary/aromatic N) is 2. The predicted molar refractivity (Wildman–Crippen MR) is 86.1 cm³/mol. The molecule has 1 amide bonds. The summed E-state index contributed by atoms with van der Waals surface area (Å²) in [6.07, 6.45) is 0.377. The molecule has 3 heterocycles. The summed E-state index contributed by atoms with van der Waals surface area (Å²) in [7, 11) is 0. The number of piperidine rings is 1. The predicted octanol–water partition coefficient (Wildman–Crippen LogP) is 3.37. The lowest BCUT2D eigenvalue weighted by Crippen LogP contribution is -2.45. The minimum atomic E-state index is -0.447. The average Bonchev–Trinajstić information content (AvgIpc) is 3.09. The fourth-order valence-corrected chi connectivity index (χ4v) is 4.22. The Morgan fingerprint density at radius 1 is 1.52 bits per heavy atom. The van der Waals surface area contributed by atoms with Crippen molar-refractivity contribution in [3.05, 3.63) is 27.5 Å². The van der Waals surface area contributed by atoms with Crippen molar-refractivity contribution in [2.75, 3.05) is 13.1 Å². The SMILES string of the molecule is CC1CCN(C(=O)c2csc(-c3ccc(Cl)s3)n2)CC1O. The third-order valence-electron chi connectivity index (χ3n) is 3.71. The molecule has 2 aromatic heterocycles. The molecule has 1 fully saturated rings. The molecule has 1 aliphatic rings. The highest BCUT2D eigenvalue weighted by Crippen LogP contribution is 2.33. The summed E-state index contributed by atoms with van der Waals surface area (Å²) >= 11 is 8.81. The molecule has 0 aliphatic carbocycles. The van der Waals surface area contributed by atoms with Crippen molar-refractivity contribution in [2.24, 2.45) is 5.92 Å². The van der Waals surface area contributed by atoms with Gasteiger partial charge in [0.2, 0.25) is 0 Å². The number of hydrogen-bond donors (Lipinski definition) is 1. The van der Waals surface area contributed by atoms with Crippen molar-refractivity contribution in [1.82, 2.24) is 9.88 Å². The van der Waals surface area contributed by atoms with Crippen molar-refractivity contribution in [3.63, 3.8) is 0 Å². The van der Waals surface area contributed by atoms with Gasteiger partial charge in [-0.1, -0.05) is 18.5 Å². The largest absolute Gasteiger partial charge is 0.391 e. The Bertz CT molecular complexity index is 655. The molecule has 0 spiro atoms. The van der Waals surface area contributed by atoms with E-state index in [0.717, 1.165) is 16.3 Å². The van der Waals surface area contributed by atoms with Crippen LogP contribution in [0.4, 0.5) is 0 Å². The highest BCUT2D eigenvalue weighted by Gasteiger charge is 2.29. The molecular formula is C14H15ClN2O2S2. The number of thiophene rings is 1. The van der Waals surface area contributed by atoms with E-state index in [4.69, 9.17) is 11.6 Å². The molecule has 1 saturated heterocycles. The molecule has 7 heteroatoms. The molecule has 3 rings (SSSR count). The van der Waals surface area contributed by atoms with Crippen LogP contribution in [0.1, 0.15) is 23.8 Å². The van der Waals surface area contributed by atoms with Crippen LogP contribution in [0, 0.1) is 5.92 Å². The number of aromatic nitrogens is 1. The fraction of sp³-hybridized carbons (Fsp3) is 0.429. The van der Waals surface area contributed by atoms with Gasteiger partial charge in [0.15, 0.2) is 0 Å². The second kappa shape index (κ2) is 6.04. The molecule has 2 aromatic rings. The van der Waals surface area contributed by atoms with Crippen molar-refractivity contribution in [3.8, 4) is 9.88 Å². The molecule has 1 N–H and O–H groups in total. The van der Waals surface area contributed by atoms with Gasteiger partial charge < -0.3 is 10.0 Å². The standard InChI is InChI=1S/C14H15ClN2O2S2/c1-8-4-5-17(6-10(8)18)14(19)9-7-20-13(16-9)11-2-3-12(15)21-11/h2-3,7-8,10,18H,4-6H2,1H3. The Morgan fingerprint density at radius 3 is 3.00 bits per heavy atom. The lowest BCUT2D eigenvalue weighted by Gasteiger charge is -2.33. The molecule has 2 atom stereocenters. The number of carbonyl (C=O) groups excluding carboxylic acids is 1. The van der Waals surface area contributed by atoms with E-state index < -0.39 is 6.10 Å². The molecule has 1 aliphatic heterocycles. The summed E-state index contributed by atoms with van der Waals surface area (Å²) in [5.41, 5.74) is 0.446. The number of amides is 1. The summed E-state index contributed by atoms with van der Waals surface area (Å²) in [4.78, 5) is 19.5. The van der Waals surface area contributed by atoms with Gasteiger partial charge in [-0.05, 0) is 24.5 Å². The zero-order valence-corrected chi connectivity index (χ0v) is 13.8. The van der Waals surface area contributed by atoms with Crippen molar-refractivity contribution in [1.29, 1.82) is 0 Å². The first-order valence-electron chi connectivity index (χ1n) is 6.73. The maximum absolute atomic E-state index is 12.4. The molecule has 0 bridgehead atoms. The lowest BCUT2D eigenvalue weighted by molar-refractivity contribution is 0.0246. The van der Waals surface area contributed by atoms with Crippen LogP contribution in [0.5, 0.6) is 0 Å². The molecule has 112 valence electrons. The Morgan fingerprint density at radius 2 is 2.33 bits per heavy atom. The molecule has 0 radical (unpaired) electrons. The van der Waals surface area contributed by atoms with Gasteiger partial charge in [0, 0.05) is 18.5 Å². The summed E-state index contributed by atoms with van der Waals surface area (Å²) in [6, 6.07) is 3.74. The van der Waals surface area contributed by atoms with Crippen LogP contribution in [0.3, 0.4) is 0 Å². The Kier molecular flexibility index (Phi) is 4.31. The third-order valence-corrected chi connectivity index (χ3v) is 5.96. The van der Waals surface area contributed by atoms with Crippen LogP contribution < -0.4 is 0 Å². The van der Waals surface area contributed by atoms with Crippen LogP contribution >= 0.6 is 34.3 Å². The van der Waals surface area contributed by atoms with E-state index >= 15 is 0 Å². The minimum Gasteiger partial charge on any atom is -0.391 e. The molecule has 0 aromatic carbocycles. The van der Waals surface area contributed by atoms with E-state index in [2.05, 4.69) is 4.98 Å². The maximum atomic E-state index is 12.4. The molecule has 4 nitrogen and oxygen atoms in total. The highest BCUT2D eigenvalue weighted by molar-refractivity contribution is 7.23. The quantitative estimate of drug-likeness (QED) is 0.910. The van der Waals surface area contributed by atoms with E-state index in [1.807, 2.05) is 19.1 Å². The van der Waals surface area contributed by atoms with Gasteiger partial charge in [-0.2, -0.15) is 0 Å². The monoisotopic (exact) mass is 342 g/mol. The van der Waals surface area contributed by atoms with Crippen LogP contribution in [-0.2, 0) is 0 Å². The number of thiazole rings is 1. The Labute approximate surface area is 136 Å². The summed E-state index contributed by atoms with van der Waals surface area (Å²) in [6.45, 7) is 3.07. The highest BCUT2D eigenvalue weighted by atomic mass is 35.5. The number of β-amino-alcohol motifs (C(OH)–C–C–N with tert-alkyl or cyclic N) is 1. The first-order chi connectivity index (χ1) is 10.0. The van der Waals surface area contributed by atoms with Gasteiger partial charge in [0.1, 0.15) is 10.7 Å². The Hall–Kier alpha value is -0.950. The Balaban J connectivity index is 1.75. The van der Waals surface area contributed by atoms with Gasteiger partial charge in [0.05, 0.1) is 15.3 Å². The van der Waals surface area contributed by atoms with Gasteiger partial charge in [-0.25, -0.2) is 4.98 Å². The number of aliphatic hydroxyl groups is 1. The topological polar surface area (TPSA) is 53.4 Å². The first kappa shape index (κ1) is 15.0. The van der Waals surface area contributed by atoms with Gasteiger partial charge >= 0.3 is 0 Å². The van der Waals surface area contributed by atoms with E-state index in [1.54, 1.807) is 10.3 Å². The number of rotatable bonds is 2. The summed E-state index contributed by atoms with van der Waals surface area (Å²) in [5, 5.41) is 12.5. The second-order valence-corrected chi connectivity index (χ2v) is 7.80. The minimum absolute atomic E-state index is 0.105. The second-order valence-electron chi connectivity index (χ2n) is 5.23. The van der Waals surface area contributed by atoms with E-state index in [-0.39, 0.29) is 11.8 Å². The van der Waals surface area contributed by atoms with Gasteiger partial charge in [-0.3, -0.25) is 4.79 Å². The van der Waals surface area contributed by atoms with E-state index in [1.165, 1.54) is 22.7 Å². The number of carbonyl (C=O) groups is 1. The van der Waals surface area contributed by atoms with Crippen molar-refractivity contribution in [2.45, 2.75) is 19.4 Å². The number of hydrogen-bond acceptors (Lipinski definition) is 5. The lowest BCUT2D eigenvalue weighted by atomic mass is 9.96. The molecule has 2 unspecified atom stereocenters. The van der Waals surface area contributed by atoms with E-state index in [9.17, 15) is 9.90 Å². The third kappa shape index (κ3) is 3.13. The van der Waals surface area contributed by atoms with Crippen molar-refractivity contribution >= 4 is 40.2 Å². The number of likely N-dealkylation sites (tertiary alicyclic amines) is 1. The smallest absolute Gasteiger partial charge is 0.273 e. The summed E-state index contributed by atoms with van der Waals surface area (Å²) < 4.78 is 0.709. The van der Waals surface area contributed by atoms with Crippen LogP contribution in [0.2, 0.25) is 4.34 Å². The fourth-order valence-electron chi connectivity index (χ4n) is 2.31. The molecule has 0 saturated carbocycles. The average molecular weight is 343 g/mol. The van der Waals surface area contributed by atoms with E-state index in [0.29, 0.717) is 23.1 Å². The number of halogens is 1. The zero-order valence-electron chi connectivity index (χ0n) is 11.5. The molecule has 21 heavy (non-hydrogen) atoms. The normalized spacial score (nSPS) is 22.5. The first-order valence-corrected chi connectivity index (χ1v) is 8.80. The summed E-state index contributed by atoms with van der Waals surface area (Å²) in [5.74, 6) is 0.138.